The molecule has 0 saturated carbocycles. The van der Waals surface area contributed by atoms with Crippen LogP contribution in [0.15, 0.2) is 18.2 Å². The summed E-state index contributed by atoms with van der Waals surface area (Å²) in [7, 11) is 4.90. The first-order chi connectivity index (χ1) is 22.3. The van der Waals surface area contributed by atoms with Gasteiger partial charge in [0, 0.05) is 68.2 Å². The number of rotatable bonds is 8. The highest BCUT2D eigenvalue weighted by molar-refractivity contribution is 6.31. The number of fused-ring (bicyclic) bond motifs is 4. The molecule has 2 aromatic rings. The zero-order valence-electron chi connectivity index (χ0n) is 27.5. The van der Waals surface area contributed by atoms with Crippen molar-refractivity contribution in [1.29, 1.82) is 0 Å². The molecular weight excluding hydrogens is 610 g/mol. The average Bonchev–Trinajstić information content (AvgIpc) is 3.52. The van der Waals surface area contributed by atoms with Crippen LogP contribution in [-0.2, 0) is 25.4 Å². The van der Waals surface area contributed by atoms with Gasteiger partial charge >= 0.3 is 0 Å². The molecule has 0 radical (unpaired) electrons. The summed E-state index contributed by atoms with van der Waals surface area (Å²) in [4.78, 5) is 45.2. The van der Waals surface area contributed by atoms with E-state index < -0.39 is 59.0 Å². The van der Waals surface area contributed by atoms with Gasteiger partial charge in [-0.15, -0.1) is 0 Å². The van der Waals surface area contributed by atoms with Crippen LogP contribution in [0.3, 0.4) is 0 Å². The third-order valence-corrected chi connectivity index (χ3v) is 10.1. The molecule has 2 aliphatic heterocycles. The fourth-order valence-electron chi connectivity index (χ4n) is 7.23. The summed E-state index contributed by atoms with van der Waals surface area (Å²) in [6.45, 7) is 7.16. The monoisotopic (exact) mass is 653 g/mol. The van der Waals surface area contributed by atoms with Crippen molar-refractivity contribution in [3.8, 4) is 17.2 Å². The number of aliphatic hydroxyl groups is 1. The number of likely N-dealkylation sites (N-methyl/N-ethyl adjacent to an activating group) is 2. The highest BCUT2D eigenvalue weighted by Gasteiger charge is 2.51. The van der Waals surface area contributed by atoms with Crippen LogP contribution in [0.25, 0.3) is 0 Å². The maximum Gasteiger partial charge on any atom is 0.254 e. The fraction of sp³-hybridized carbons (Fsp3) is 0.559. The molecule has 1 amide bonds. The van der Waals surface area contributed by atoms with Crippen LogP contribution in [0.5, 0.6) is 17.2 Å². The minimum Gasteiger partial charge on any atom is -0.507 e. The Bertz CT molecular complexity index is 1610. The first-order valence-corrected chi connectivity index (χ1v) is 16.0. The smallest absolute Gasteiger partial charge is 0.254 e. The van der Waals surface area contributed by atoms with E-state index in [-0.39, 0.29) is 64.3 Å². The summed E-state index contributed by atoms with van der Waals surface area (Å²) in [6.07, 6.45) is -2.94. The second-order valence-electron chi connectivity index (χ2n) is 13.3. The van der Waals surface area contributed by atoms with Crippen molar-refractivity contribution in [2.75, 3.05) is 41.0 Å². The number of phenolic OH excluding ortho intramolecular Hbond substituents is 2. The summed E-state index contributed by atoms with van der Waals surface area (Å²) in [5.41, 5.74) is -2.91. The summed E-state index contributed by atoms with van der Waals surface area (Å²) in [6, 6.07) is 4.70. The van der Waals surface area contributed by atoms with Gasteiger partial charge in [-0.2, -0.15) is 0 Å². The Morgan fingerprint density at radius 2 is 1.83 bits per heavy atom. The van der Waals surface area contributed by atoms with Crippen molar-refractivity contribution in [1.82, 2.24) is 15.1 Å². The lowest BCUT2D eigenvalue weighted by Crippen LogP contribution is -2.54. The fourth-order valence-corrected chi connectivity index (χ4v) is 7.23. The van der Waals surface area contributed by atoms with Crippen molar-refractivity contribution in [2.45, 2.75) is 82.3 Å². The van der Waals surface area contributed by atoms with Crippen LogP contribution in [0, 0.1) is 0 Å². The first kappa shape index (κ1) is 33.3. The number of carbonyl (C=O) groups excluding carboxylic acids is 3. The Hall–Kier alpha value is -3.59. The summed E-state index contributed by atoms with van der Waals surface area (Å²) in [5, 5.41) is 38.9. The van der Waals surface area contributed by atoms with Crippen molar-refractivity contribution < 1.29 is 48.7 Å². The molecule has 6 atom stereocenters. The molecule has 254 valence electrons. The topological polar surface area (TPSA) is 167 Å². The molecule has 0 aromatic heterocycles. The molecule has 2 saturated heterocycles. The molecule has 0 spiro atoms. The Kier molecular flexibility index (Phi) is 8.83. The summed E-state index contributed by atoms with van der Waals surface area (Å²) >= 11 is 0. The van der Waals surface area contributed by atoms with E-state index in [4.69, 9.17) is 18.9 Å². The lowest BCUT2D eigenvalue weighted by molar-refractivity contribution is -0.244. The first-order valence-electron chi connectivity index (χ1n) is 16.0. The second-order valence-corrected chi connectivity index (χ2v) is 13.3. The maximum absolute atomic E-state index is 14.0. The molecule has 4 unspecified atom stereocenters. The molecule has 4 N–H and O–H groups in total. The summed E-state index contributed by atoms with van der Waals surface area (Å²) in [5.74, 6) is -3.01. The zero-order valence-corrected chi connectivity index (χ0v) is 27.5. The lowest BCUT2D eigenvalue weighted by Gasteiger charge is -2.43. The SMILES string of the molecule is COc1cccc2c1C(=O)c1c(O)c3c(c(O)c1C2=O)C[C@@](O)(C(=O)N(C)CCN(C)C(C)C)C[C@@H]3OC1CC2NCOC2C(C)O1. The van der Waals surface area contributed by atoms with E-state index in [1.807, 2.05) is 27.8 Å². The van der Waals surface area contributed by atoms with E-state index in [2.05, 4.69) is 10.2 Å². The van der Waals surface area contributed by atoms with Crippen molar-refractivity contribution in [2.24, 2.45) is 0 Å². The van der Waals surface area contributed by atoms with Crippen LogP contribution < -0.4 is 10.1 Å². The highest BCUT2D eigenvalue weighted by Crippen LogP contribution is 2.52. The predicted octanol–water partition coefficient (Wildman–Crippen LogP) is 1.86. The number of methoxy groups -OCH3 is 1. The standard InChI is InChI=1S/C34H43N3O10/c1-16(2)36(4)10-11-37(5)33(42)34(43)13-19-25(22(14-34)47-23-12-20-32(17(3)46-23)45-15-35-20)31(41)27-26(29(19)39)28(38)18-8-7-9-21(44-6)24(18)30(27)40/h7-9,16-17,20,22-23,32,35,39,41,43H,10-15H2,1-6H3/t17?,20?,22-,23?,32?,34-/m0/s1. The molecule has 6 rings (SSSR count). The van der Waals surface area contributed by atoms with Gasteiger partial charge in [-0.25, -0.2) is 0 Å². The Balaban J connectivity index is 1.43. The van der Waals surface area contributed by atoms with E-state index in [1.165, 1.54) is 24.1 Å². The molecule has 13 heteroatoms. The quantitative estimate of drug-likeness (QED) is 0.261. The van der Waals surface area contributed by atoms with Crippen LogP contribution >= 0.6 is 0 Å². The van der Waals surface area contributed by atoms with Gasteiger partial charge in [0.25, 0.3) is 5.91 Å². The highest BCUT2D eigenvalue weighted by atomic mass is 16.7. The second kappa shape index (κ2) is 12.5. The number of hydrogen-bond acceptors (Lipinski definition) is 12. The molecule has 2 aromatic carbocycles. The Morgan fingerprint density at radius 3 is 2.53 bits per heavy atom. The van der Waals surface area contributed by atoms with E-state index in [1.54, 1.807) is 13.1 Å². The van der Waals surface area contributed by atoms with Crippen molar-refractivity contribution in [3.05, 3.63) is 51.6 Å². The number of ketones is 2. The third-order valence-electron chi connectivity index (χ3n) is 10.1. The number of aromatic hydroxyl groups is 2. The number of carbonyl (C=O) groups is 3. The van der Waals surface area contributed by atoms with Crippen LogP contribution in [-0.4, -0.2) is 120 Å². The van der Waals surface area contributed by atoms with Crippen LogP contribution in [0.1, 0.15) is 82.7 Å². The normalized spacial score (nSPS) is 28.1. The molecule has 4 aliphatic rings. The van der Waals surface area contributed by atoms with Crippen LogP contribution in [0.4, 0.5) is 0 Å². The van der Waals surface area contributed by atoms with E-state index in [0.29, 0.717) is 26.2 Å². The van der Waals surface area contributed by atoms with Gasteiger partial charge in [-0.1, -0.05) is 12.1 Å². The molecular formula is C34H43N3O10. The zero-order chi connectivity index (χ0) is 33.9. The minimum atomic E-state index is -2.08. The number of phenols is 2. The van der Waals surface area contributed by atoms with Gasteiger partial charge < -0.3 is 44.1 Å². The summed E-state index contributed by atoms with van der Waals surface area (Å²) < 4.78 is 23.7. The molecule has 2 heterocycles. The minimum absolute atomic E-state index is 0.00545. The molecule has 2 fully saturated rings. The van der Waals surface area contributed by atoms with E-state index >= 15 is 0 Å². The van der Waals surface area contributed by atoms with Gasteiger partial charge in [-0.3, -0.25) is 19.7 Å². The van der Waals surface area contributed by atoms with Crippen molar-refractivity contribution in [3.63, 3.8) is 0 Å². The number of nitrogens with one attached hydrogen (secondary N) is 1. The molecule has 47 heavy (non-hydrogen) atoms. The van der Waals surface area contributed by atoms with Crippen molar-refractivity contribution >= 4 is 17.5 Å². The number of nitrogens with zero attached hydrogens (tertiary/aromatic N) is 2. The van der Waals surface area contributed by atoms with Crippen LogP contribution in [0.2, 0.25) is 0 Å². The van der Waals surface area contributed by atoms with E-state index in [9.17, 15) is 29.7 Å². The molecule has 0 bridgehead atoms. The third kappa shape index (κ3) is 5.58. The molecule has 2 aliphatic carbocycles. The van der Waals surface area contributed by atoms with E-state index in [0.717, 1.165) is 0 Å². The lowest BCUT2D eigenvalue weighted by atomic mass is 9.72. The Morgan fingerprint density at radius 1 is 1.11 bits per heavy atom. The average molecular weight is 654 g/mol. The van der Waals surface area contributed by atoms with Gasteiger partial charge in [0.2, 0.25) is 5.78 Å². The largest absolute Gasteiger partial charge is 0.507 e. The maximum atomic E-state index is 14.0. The number of ether oxygens (including phenoxy) is 4. The number of amides is 1. The van der Waals surface area contributed by atoms with Gasteiger partial charge in [0.15, 0.2) is 12.1 Å². The number of benzene rings is 2. The van der Waals surface area contributed by atoms with Gasteiger partial charge in [0.05, 0.1) is 42.7 Å². The Labute approximate surface area is 273 Å². The molecule has 13 nitrogen and oxygen atoms in total. The predicted molar refractivity (Wildman–Crippen MR) is 168 cm³/mol. The van der Waals surface area contributed by atoms with Gasteiger partial charge in [-0.05, 0) is 33.9 Å². The number of hydrogen-bond donors (Lipinski definition) is 4. The van der Waals surface area contributed by atoms with Gasteiger partial charge in [0.1, 0.15) is 29.0 Å².